The van der Waals surface area contributed by atoms with Gasteiger partial charge in [-0.3, -0.25) is 14.9 Å². The van der Waals surface area contributed by atoms with E-state index in [9.17, 15) is 19.7 Å². The predicted molar refractivity (Wildman–Crippen MR) is 96.6 cm³/mol. The number of nitrogens with one attached hydrogen (secondary N) is 1. The van der Waals surface area contributed by atoms with E-state index in [0.717, 1.165) is 6.07 Å². The fourth-order valence-corrected chi connectivity index (χ4v) is 2.27. The highest BCUT2D eigenvalue weighted by Gasteiger charge is 2.18. The molecule has 9 nitrogen and oxygen atoms in total. The Balaban J connectivity index is 2.05. The van der Waals surface area contributed by atoms with Gasteiger partial charge in [0.15, 0.2) is 6.61 Å². The summed E-state index contributed by atoms with van der Waals surface area (Å²) < 4.78 is 15.0. The van der Waals surface area contributed by atoms with Crippen molar-refractivity contribution in [2.24, 2.45) is 0 Å². The van der Waals surface area contributed by atoms with E-state index >= 15 is 0 Å². The van der Waals surface area contributed by atoms with Gasteiger partial charge in [-0.15, -0.1) is 0 Å². The molecule has 0 unspecified atom stereocenters. The summed E-state index contributed by atoms with van der Waals surface area (Å²) in [6.45, 7) is -0.651. The summed E-state index contributed by atoms with van der Waals surface area (Å²) in [4.78, 5) is 34.4. The molecule has 0 saturated heterocycles. The van der Waals surface area contributed by atoms with Crippen molar-refractivity contribution in [1.29, 1.82) is 0 Å². The van der Waals surface area contributed by atoms with E-state index in [1.54, 1.807) is 6.07 Å². The highest BCUT2D eigenvalue weighted by molar-refractivity contribution is 6.31. The lowest BCUT2D eigenvalue weighted by Crippen LogP contribution is -2.21. The van der Waals surface area contributed by atoms with Crippen LogP contribution in [0.4, 0.5) is 11.4 Å². The molecule has 1 N–H and O–H groups in total. The molecular formula is C17H15ClN2O7. The van der Waals surface area contributed by atoms with Gasteiger partial charge in [0.2, 0.25) is 0 Å². The van der Waals surface area contributed by atoms with Gasteiger partial charge in [-0.05, 0) is 24.3 Å². The van der Waals surface area contributed by atoms with Crippen LogP contribution in [0.15, 0.2) is 36.4 Å². The molecule has 0 bridgehead atoms. The molecular weight excluding hydrogens is 380 g/mol. The third kappa shape index (κ3) is 5.32. The Kier molecular flexibility index (Phi) is 6.56. The van der Waals surface area contributed by atoms with E-state index in [0.29, 0.717) is 11.5 Å². The maximum Gasteiger partial charge on any atom is 0.338 e. The molecule has 0 aromatic heterocycles. The number of amides is 1. The highest BCUT2D eigenvalue weighted by Crippen LogP contribution is 2.27. The Hall–Kier alpha value is -3.33. The standard InChI is InChI=1S/C17H15ClN2O7/c1-25-12-5-10(6-13(8-12)26-2)17(22)27-9-16(21)19-14-7-11(18)3-4-15(14)20(23)24/h3-8H,9H2,1-2H3,(H,19,21). The molecule has 2 rings (SSSR count). The Morgan fingerprint density at radius 3 is 2.30 bits per heavy atom. The number of nitro groups is 1. The second-order valence-electron chi connectivity index (χ2n) is 5.14. The van der Waals surface area contributed by atoms with Crippen LogP contribution in [-0.4, -0.2) is 37.6 Å². The number of rotatable bonds is 7. The number of halogens is 1. The van der Waals surface area contributed by atoms with Gasteiger partial charge in [-0.2, -0.15) is 0 Å². The number of anilines is 1. The SMILES string of the molecule is COc1cc(OC)cc(C(=O)OCC(=O)Nc2cc(Cl)ccc2[N+](=O)[O-])c1. The number of carbonyl (C=O) groups excluding carboxylic acids is 2. The number of ether oxygens (including phenoxy) is 3. The zero-order chi connectivity index (χ0) is 20.0. The molecule has 10 heteroatoms. The van der Waals surface area contributed by atoms with Crippen LogP contribution in [0.25, 0.3) is 0 Å². The van der Waals surface area contributed by atoms with E-state index < -0.39 is 23.4 Å². The van der Waals surface area contributed by atoms with Gasteiger partial charge in [-0.25, -0.2) is 4.79 Å². The molecule has 2 aromatic carbocycles. The van der Waals surface area contributed by atoms with Crippen LogP contribution in [0, 0.1) is 10.1 Å². The number of nitrogens with zero attached hydrogens (tertiary/aromatic N) is 1. The number of esters is 1. The van der Waals surface area contributed by atoms with Crippen molar-refractivity contribution in [1.82, 2.24) is 0 Å². The first-order valence-corrected chi connectivity index (χ1v) is 7.86. The monoisotopic (exact) mass is 394 g/mol. The lowest BCUT2D eigenvalue weighted by atomic mass is 10.2. The molecule has 2 aromatic rings. The lowest BCUT2D eigenvalue weighted by molar-refractivity contribution is -0.383. The van der Waals surface area contributed by atoms with Crippen LogP contribution >= 0.6 is 11.6 Å². The Bertz CT molecular complexity index is 863. The molecule has 0 heterocycles. The Morgan fingerprint density at radius 2 is 1.74 bits per heavy atom. The number of benzene rings is 2. The van der Waals surface area contributed by atoms with Gasteiger partial charge < -0.3 is 19.5 Å². The Labute approximate surface area is 158 Å². The second-order valence-corrected chi connectivity index (χ2v) is 5.58. The fourth-order valence-electron chi connectivity index (χ4n) is 2.09. The zero-order valence-electron chi connectivity index (χ0n) is 14.4. The van der Waals surface area contributed by atoms with Crippen molar-refractivity contribution in [3.63, 3.8) is 0 Å². The number of nitro benzene ring substituents is 1. The van der Waals surface area contributed by atoms with E-state index in [2.05, 4.69) is 5.32 Å². The molecule has 0 spiro atoms. The molecule has 0 aliphatic rings. The molecule has 27 heavy (non-hydrogen) atoms. The fraction of sp³-hybridized carbons (Fsp3) is 0.176. The topological polar surface area (TPSA) is 117 Å². The van der Waals surface area contributed by atoms with Crippen LogP contribution < -0.4 is 14.8 Å². The predicted octanol–water partition coefficient (Wildman–Crippen LogP) is 3.06. The molecule has 0 fully saturated rings. The molecule has 0 radical (unpaired) electrons. The maximum absolute atomic E-state index is 12.1. The first kappa shape index (κ1) is 20.0. The summed E-state index contributed by atoms with van der Waals surface area (Å²) in [5.41, 5.74) is -0.319. The van der Waals surface area contributed by atoms with Gasteiger partial charge in [0, 0.05) is 17.2 Å². The zero-order valence-corrected chi connectivity index (χ0v) is 15.1. The van der Waals surface area contributed by atoms with E-state index in [1.807, 2.05) is 0 Å². The van der Waals surface area contributed by atoms with Crippen molar-refractivity contribution in [3.05, 3.63) is 57.1 Å². The van der Waals surface area contributed by atoms with Crippen LogP contribution in [0.3, 0.4) is 0 Å². The summed E-state index contributed by atoms with van der Waals surface area (Å²) >= 11 is 5.79. The van der Waals surface area contributed by atoms with Gasteiger partial charge in [-0.1, -0.05) is 11.6 Å². The van der Waals surface area contributed by atoms with Gasteiger partial charge in [0.25, 0.3) is 11.6 Å². The van der Waals surface area contributed by atoms with E-state index in [4.69, 9.17) is 25.8 Å². The summed E-state index contributed by atoms with van der Waals surface area (Å²) in [5, 5.41) is 13.5. The molecule has 1 amide bonds. The van der Waals surface area contributed by atoms with Crippen molar-refractivity contribution < 1.29 is 28.7 Å². The van der Waals surface area contributed by atoms with Crippen LogP contribution in [-0.2, 0) is 9.53 Å². The van der Waals surface area contributed by atoms with Crippen molar-refractivity contribution >= 4 is 34.9 Å². The minimum Gasteiger partial charge on any atom is -0.497 e. The smallest absolute Gasteiger partial charge is 0.338 e. The Morgan fingerprint density at radius 1 is 1.11 bits per heavy atom. The van der Waals surface area contributed by atoms with Crippen LogP contribution in [0.1, 0.15) is 10.4 Å². The van der Waals surface area contributed by atoms with Gasteiger partial charge in [0.1, 0.15) is 17.2 Å². The average Bonchev–Trinajstić information content (AvgIpc) is 2.65. The summed E-state index contributed by atoms with van der Waals surface area (Å²) in [6.07, 6.45) is 0. The molecule has 142 valence electrons. The number of hydrogen-bond donors (Lipinski definition) is 1. The second kappa shape index (κ2) is 8.86. The maximum atomic E-state index is 12.1. The number of methoxy groups -OCH3 is 2. The van der Waals surface area contributed by atoms with Gasteiger partial charge in [0.05, 0.1) is 24.7 Å². The molecule has 0 aliphatic carbocycles. The minimum absolute atomic E-state index is 0.100. The molecule has 0 saturated carbocycles. The van der Waals surface area contributed by atoms with Crippen molar-refractivity contribution in [2.45, 2.75) is 0 Å². The quantitative estimate of drug-likeness (QED) is 0.435. The molecule has 0 aliphatic heterocycles. The highest BCUT2D eigenvalue weighted by atomic mass is 35.5. The summed E-state index contributed by atoms with van der Waals surface area (Å²) in [5.74, 6) is -0.799. The third-order valence-electron chi connectivity index (χ3n) is 3.35. The van der Waals surface area contributed by atoms with Crippen LogP contribution in [0.5, 0.6) is 11.5 Å². The van der Waals surface area contributed by atoms with Gasteiger partial charge >= 0.3 is 5.97 Å². The van der Waals surface area contributed by atoms with Crippen molar-refractivity contribution in [2.75, 3.05) is 26.1 Å². The first-order valence-electron chi connectivity index (χ1n) is 7.48. The first-order chi connectivity index (χ1) is 12.8. The van der Waals surface area contributed by atoms with E-state index in [-0.39, 0.29) is 22.0 Å². The van der Waals surface area contributed by atoms with Crippen molar-refractivity contribution in [3.8, 4) is 11.5 Å². The van der Waals surface area contributed by atoms with Crippen LogP contribution in [0.2, 0.25) is 5.02 Å². The van der Waals surface area contributed by atoms with E-state index in [1.165, 1.54) is 38.5 Å². The lowest BCUT2D eigenvalue weighted by Gasteiger charge is -2.09. The average molecular weight is 395 g/mol. The molecule has 0 atom stereocenters. The minimum atomic E-state index is -0.789. The summed E-state index contributed by atoms with van der Waals surface area (Å²) in [7, 11) is 2.85. The normalized spacial score (nSPS) is 10.0. The third-order valence-corrected chi connectivity index (χ3v) is 3.59. The number of carbonyl (C=O) groups is 2. The number of hydrogen-bond acceptors (Lipinski definition) is 7. The summed E-state index contributed by atoms with van der Waals surface area (Å²) in [6, 6.07) is 8.13. The largest absolute Gasteiger partial charge is 0.497 e.